The first-order valence-corrected chi connectivity index (χ1v) is 16.9. The summed E-state index contributed by atoms with van der Waals surface area (Å²) in [5, 5.41) is 0.822. The van der Waals surface area contributed by atoms with E-state index in [-0.39, 0.29) is 17.0 Å². The molecule has 2 saturated carbocycles. The van der Waals surface area contributed by atoms with Crippen molar-refractivity contribution < 1.29 is 17.9 Å². The van der Waals surface area contributed by atoms with Gasteiger partial charge in [0.25, 0.3) is 0 Å². The predicted molar refractivity (Wildman–Crippen MR) is 161 cm³/mol. The first kappa shape index (κ1) is 28.3. The number of nitrogens with zero attached hydrogens (tertiary/aromatic N) is 4. The fraction of sp³-hybridized carbons (Fsp3) is 0.516. The molecule has 0 radical (unpaired) electrons. The minimum atomic E-state index is -3.56. The Kier molecular flexibility index (Phi) is 7.45. The van der Waals surface area contributed by atoms with Gasteiger partial charge in [-0.2, -0.15) is 4.37 Å². The van der Waals surface area contributed by atoms with Crippen molar-refractivity contribution in [2.45, 2.75) is 52.9 Å². The lowest BCUT2D eigenvalue weighted by molar-refractivity contribution is -0.128. The summed E-state index contributed by atoms with van der Waals surface area (Å²) < 4.78 is 39.4. The van der Waals surface area contributed by atoms with Crippen molar-refractivity contribution in [3.63, 3.8) is 0 Å². The zero-order valence-corrected chi connectivity index (χ0v) is 25.6. The molecule has 2 aliphatic carbocycles. The van der Waals surface area contributed by atoms with Crippen LogP contribution in [0.1, 0.15) is 56.5 Å². The number of hydrogen-bond acceptors (Lipinski definition) is 8. The van der Waals surface area contributed by atoms with Gasteiger partial charge in [-0.3, -0.25) is 4.79 Å². The van der Waals surface area contributed by atoms with Crippen LogP contribution in [0.5, 0.6) is 11.5 Å². The van der Waals surface area contributed by atoms with E-state index in [0.717, 1.165) is 41.0 Å². The summed E-state index contributed by atoms with van der Waals surface area (Å²) in [5.74, 6) is 2.74. The van der Waals surface area contributed by atoms with Crippen LogP contribution >= 0.6 is 11.5 Å². The number of rotatable bonds is 8. The summed E-state index contributed by atoms with van der Waals surface area (Å²) in [6.45, 7) is 8.39. The van der Waals surface area contributed by atoms with Crippen molar-refractivity contribution in [2.75, 3.05) is 36.8 Å². The Balaban J connectivity index is 1.06. The van der Waals surface area contributed by atoms with E-state index in [1.807, 2.05) is 55.5 Å². The molecule has 1 aliphatic heterocycles. The molecule has 3 fully saturated rings. The van der Waals surface area contributed by atoms with Gasteiger partial charge in [0.2, 0.25) is 15.2 Å². The van der Waals surface area contributed by atoms with Gasteiger partial charge >= 0.3 is 0 Å². The highest BCUT2D eigenvalue weighted by atomic mass is 32.2. The van der Waals surface area contributed by atoms with Crippen molar-refractivity contribution in [1.29, 1.82) is 0 Å². The first-order chi connectivity index (χ1) is 19.6. The number of aryl methyl sites for hydroxylation is 1. The van der Waals surface area contributed by atoms with E-state index in [1.165, 1.54) is 17.1 Å². The van der Waals surface area contributed by atoms with Gasteiger partial charge in [0.05, 0.1) is 5.75 Å². The van der Waals surface area contributed by atoms with Crippen molar-refractivity contribution in [3.05, 3.63) is 65.5 Å². The highest BCUT2D eigenvalue weighted by molar-refractivity contribution is 7.89. The van der Waals surface area contributed by atoms with E-state index in [9.17, 15) is 13.2 Å². The Labute approximate surface area is 247 Å². The van der Waals surface area contributed by atoms with Crippen LogP contribution in [0.2, 0.25) is 0 Å². The minimum Gasteiger partial charge on any atom is -0.457 e. The van der Waals surface area contributed by atoms with Gasteiger partial charge in [-0.15, -0.1) is 0 Å². The number of hydrogen-bond donors (Lipinski definition) is 0. The molecule has 2 unspecified atom stereocenters. The second-order valence-electron chi connectivity index (χ2n) is 12.4. The number of Topliss-reactive ketones (excluding diaryl/α,β-unsaturated/α-hetero) is 1. The largest absolute Gasteiger partial charge is 0.457 e. The van der Waals surface area contributed by atoms with E-state index < -0.39 is 15.4 Å². The number of anilines is 1. The fourth-order valence-corrected chi connectivity index (χ4v) is 9.91. The highest BCUT2D eigenvalue weighted by Crippen LogP contribution is 2.64. The van der Waals surface area contributed by atoms with E-state index in [4.69, 9.17) is 9.72 Å². The molecular weight excluding hydrogens is 556 g/mol. The van der Waals surface area contributed by atoms with Crippen LogP contribution in [0.4, 0.5) is 5.13 Å². The lowest BCUT2D eigenvalue weighted by Gasteiger charge is -2.37. The van der Waals surface area contributed by atoms with Crippen LogP contribution in [-0.2, 0) is 21.2 Å². The van der Waals surface area contributed by atoms with Crippen molar-refractivity contribution in [2.24, 2.45) is 16.7 Å². The zero-order chi connectivity index (χ0) is 28.8. The Morgan fingerprint density at radius 1 is 1.00 bits per heavy atom. The van der Waals surface area contributed by atoms with Crippen molar-refractivity contribution in [1.82, 2.24) is 13.7 Å². The Hall–Kier alpha value is -2.82. The van der Waals surface area contributed by atoms with Crippen LogP contribution in [0.15, 0.2) is 48.5 Å². The number of fused-ring (bicyclic) bond motifs is 2. The summed E-state index contributed by atoms with van der Waals surface area (Å²) >= 11 is 1.36. The molecule has 1 saturated heterocycles. The van der Waals surface area contributed by atoms with Gasteiger partial charge in [-0.25, -0.2) is 17.7 Å². The van der Waals surface area contributed by atoms with Gasteiger partial charge in [0.15, 0.2) is 0 Å². The number of benzene rings is 2. The Morgan fingerprint density at radius 2 is 1.71 bits per heavy atom. The van der Waals surface area contributed by atoms with Crippen LogP contribution in [-0.4, -0.2) is 59.8 Å². The fourth-order valence-electron chi connectivity index (χ4n) is 6.92. The molecule has 10 heteroatoms. The number of carbonyl (C=O) groups excluding carboxylic acids is 1. The molecule has 218 valence electrons. The van der Waals surface area contributed by atoms with Crippen LogP contribution < -0.4 is 9.64 Å². The SMILES string of the molecule is Cc1ccc(Oc2ccc(Cc3nsc(N4CCCN(S(=O)(=O)CC56CCC(CC5=O)C6(C)C)CC4)n3)cc2)cc1. The summed E-state index contributed by atoms with van der Waals surface area (Å²) in [6, 6.07) is 15.9. The van der Waals surface area contributed by atoms with E-state index in [1.54, 1.807) is 4.31 Å². The molecule has 1 aromatic heterocycles. The lowest BCUT2D eigenvalue weighted by atomic mass is 9.70. The van der Waals surface area contributed by atoms with Gasteiger partial charge in [-0.05, 0) is 67.3 Å². The maximum Gasteiger partial charge on any atom is 0.215 e. The lowest BCUT2D eigenvalue weighted by Crippen LogP contribution is -2.47. The molecule has 0 amide bonds. The van der Waals surface area contributed by atoms with Gasteiger partial charge < -0.3 is 9.64 Å². The molecule has 3 aliphatic rings. The molecule has 0 N–H and O–H groups in total. The van der Waals surface area contributed by atoms with E-state index in [0.29, 0.717) is 51.2 Å². The normalized spacial score (nSPS) is 24.5. The van der Waals surface area contributed by atoms with Gasteiger partial charge in [0, 0.05) is 56.0 Å². The maximum atomic E-state index is 13.6. The first-order valence-electron chi connectivity index (χ1n) is 14.5. The van der Waals surface area contributed by atoms with E-state index >= 15 is 0 Å². The van der Waals surface area contributed by atoms with Crippen LogP contribution in [0, 0.1) is 23.7 Å². The number of carbonyl (C=O) groups is 1. The Bertz CT molecular complexity index is 1520. The van der Waals surface area contributed by atoms with E-state index in [2.05, 4.69) is 23.1 Å². The third-order valence-corrected chi connectivity index (χ3v) is 12.5. The minimum absolute atomic E-state index is 0.0554. The highest BCUT2D eigenvalue weighted by Gasteiger charge is 2.65. The molecule has 2 aromatic carbocycles. The molecule has 6 rings (SSSR count). The molecular formula is C31H38N4O4S2. The van der Waals surface area contributed by atoms with Crippen LogP contribution in [0.25, 0.3) is 0 Å². The average Bonchev–Trinajstić information content (AvgIpc) is 3.44. The summed E-state index contributed by atoms with van der Waals surface area (Å²) in [6.07, 6.45) is 3.50. The maximum absolute atomic E-state index is 13.6. The smallest absolute Gasteiger partial charge is 0.215 e. The number of aromatic nitrogens is 2. The molecule has 3 aromatic rings. The van der Waals surface area contributed by atoms with Crippen LogP contribution in [0.3, 0.4) is 0 Å². The standard InChI is InChI=1S/C31H38N4O4S2/c1-22-5-9-25(10-6-22)39-26-11-7-23(8-12-26)19-28-32-29(40-33-28)34-15-4-16-35(18-17-34)41(37,38)21-31-14-13-24(20-27(31)36)30(31,2)3/h5-12,24H,4,13-21H2,1-3H3. The van der Waals surface area contributed by atoms with Crippen molar-refractivity contribution in [3.8, 4) is 11.5 Å². The second-order valence-corrected chi connectivity index (χ2v) is 15.1. The third-order valence-electron chi connectivity index (χ3n) is 9.69. The molecule has 0 spiro atoms. The number of ketones is 1. The summed E-state index contributed by atoms with van der Waals surface area (Å²) in [5.41, 5.74) is 1.29. The number of ether oxygens (including phenoxy) is 1. The molecule has 2 atom stereocenters. The number of sulfonamides is 1. The molecule has 2 heterocycles. The summed E-state index contributed by atoms with van der Waals surface area (Å²) in [7, 11) is -3.56. The molecule has 41 heavy (non-hydrogen) atoms. The average molecular weight is 595 g/mol. The second kappa shape index (κ2) is 10.8. The van der Waals surface area contributed by atoms with Gasteiger partial charge in [-0.1, -0.05) is 43.7 Å². The Morgan fingerprint density at radius 3 is 2.37 bits per heavy atom. The monoisotopic (exact) mass is 594 g/mol. The topological polar surface area (TPSA) is 92.7 Å². The quantitative estimate of drug-likeness (QED) is 0.342. The molecule has 8 nitrogen and oxygen atoms in total. The molecule has 2 bridgehead atoms. The van der Waals surface area contributed by atoms with Gasteiger partial charge in [0.1, 0.15) is 23.1 Å². The summed E-state index contributed by atoms with van der Waals surface area (Å²) in [4.78, 5) is 19.9. The van der Waals surface area contributed by atoms with Crippen molar-refractivity contribution >= 4 is 32.5 Å². The predicted octanol–water partition coefficient (Wildman–Crippen LogP) is 5.47. The zero-order valence-electron chi connectivity index (χ0n) is 24.0. The third kappa shape index (κ3) is 5.42.